The van der Waals surface area contributed by atoms with Gasteiger partial charge in [-0.25, -0.2) is 4.39 Å². The third kappa shape index (κ3) is 3.57. The van der Waals surface area contributed by atoms with Gasteiger partial charge in [0.05, 0.1) is 0 Å². The summed E-state index contributed by atoms with van der Waals surface area (Å²) >= 11 is 1.67. The van der Waals surface area contributed by atoms with E-state index in [-0.39, 0.29) is 5.82 Å². The minimum atomic E-state index is -0.170. The Bertz CT molecular complexity index is 777. The molecule has 0 atom stereocenters. The van der Waals surface area contributed by atoms with E-state index in [1.807, 2.05) is 6.07 Å². The summed E-state index contributed by atoms with van der Waals surface area (Å²) in [7, 11) is 4.17. The van der Waals surface area contributed by atoms with E-state index in [0.717, 1.165) is 23.4 Å². The van der Waals surface area contributed by atoms with Crippen molar-refractivity contribution >= 4 is 17.3 Å². The molecule has 1 nitrogen and oxygen atoms in total. The number of nitrogens with zero attached hydrogens (tertiary/aromatic N) is 1. The van der Waals surface area contributed by atoms with Gasteiger partial charge in [0.25, 0.3) is 0 Å². The molecule has 3 heteroatoms. The first-order chi connectivity index (χ1) is 11.5. The molecular weight excluding hydrogens is 317 g/mol. The summed E-state index contributed by atoms with van der Waals surface area (Å²) in [6.07, 6.45) is 3.29. The zero-order valence-electron chi connectivity index (χ0n) is 14.8. The molecular formula is C21H24FNS. The SMILES string of the molecule is CC(C)c1ccc2c(c1)/C(=C/CCN(C)C)c1ccc(F)cc1S2. The van der Waals surface area contributed by atoms with Gasteiger partial charge in [0.15, 0.2) is 0 Å². The molecule has 3 rings (SSSR count). The lowest BCUT2D eigenvalue weighted by atomic mass is 9.92. The lowest BCUT2D eigenvalue weighted by molar-refractivity contribution is 0.417. The molecule has 1 aliphatic rings. The summed E-state index contributed by atoms with van der Waals surface area (Å²) < 4.78 is 13.7. The van der Waals surface area contributed by atoms with Crippen LogP contribution in [0.3, 0.4) is 0 Å². The Morgan fingerprint density at radius 1 is 1.04 bits per heavy atom. The van der Waals surface area contributed by atoms with E-state index in [4.69, 9.17) is 0 Å². The molecule has 0 bridgehead atoms. The summed E-state index contributed by atoms with van der Waals surface area (Å²) in [6.45, 7) is 5.44. The summed E-state index contributed by atoms with van der Waals surface area (Å²) in [5.74, 6) is 0.328. The zero-order valence-corrected chi connectivity index (χ0v) is 15.6. The molecule has 0 amide bonds. The summed E-state index contributed by atoms with van der Waals surface area (Å²) in [5.41, 5.74) is 5.01. The lowest BCUT2D eigenvalue weighted by Crippen LogP contribution is -2.12. The number of benzene rings is 2. The Morgan fingerprint density at radius 3 is 2.54 bits per heavy atom. The second kappa shape index (κ2) is 7.12. The van der Waals surface area contributed by atoms with Crippen molar-refractivity contribution in [3.05, 3.63) is 65.0 Å². The maximum atomic E-state index is 13.7. The van der Waals surface area contributed by atoms with Gasteiger partial charge in [0, 0.05) is 16.3 Å². The van der Waals surface area contributed by atoms with Crippen molar-refractivity contribution in [3.8, 4) is 0 Å². The van der Waals surface area contributed by atoms with Gasteiger partial charge >= 0.3 is 0 Å². The van der Waals surface area contributed by atoms with Crippen molar-refractivity contribution in [2.45, 2.75) is 36.0 Å². The number of hydrogen-bond acceptors (Lipinski definition) is 2. The molecule has 0 aromatic heterocycles. The monoisotopic (exact) mass is 341 g/mol. The molecule has 2 aromatic rings. The quantitative estimate of drug-likeness (QED) is 0.590. The topological polar surface area (TPSA) is 3.24 Å². The van der Waals surface area contributed by atoms with E-state index < -0.39 is 0 Å². The Morgan fingerprint density at radius 2 is 1.83 bits per heavy atom. The smallest absolute Gasteiger partial charge is 0.124 e. The highest BCUT2D eigenvalue weighted by Gasteiger charge is 2.22. The molecule has 0 aliphatic carbocycles. The molecule has 0 unspecified atom stereocenters. The summed E-state index contributed by atoms with van der Waals surface area (Å²) in [4.78, 5) is 4.41. The van der Waals surface area contributed by atoms with Crippen molar-refractivity contribution in [1.29, 1.82) is 0 Å². The van der Waals surface area contributed by atoms with Gasteiger partial charge in [-0.3, -0.25) is 0 Å². The number of rotatable bonds is 4. The molecule has 0 saturated heterocycles. The Kier molecular flexibility index (Phi) is 5.12. The number of fused-ring (bicyclic) bond motifs is 2. The molecule has 1 heterocycles. The van der Waals surface area contributed by atoms with Crippen LogP contribution < -0.4 is 0 Å². The molecule has 0 fully saturated rings. The van der Waals surface area contributed by atoms with Crippen LogP contribution in [0.2, 0.25) is 0 Å². The Labute approximate surface area is 148 Å². The van der Waals surface area contributed by atoms with E-state index >= 15 is 0 Å². The highest BCUT2D eigenvalue weighted by Crippen LogP contribution is 2.46. The number of halogens is 1. The van der Waals surface area contributed by atoms with Gasteiger partial charge in [-0.2, -0.15) is 0 Å². The van der Waals surface area contributed by atoms with E-state index in [2.05, 4.69) is 57.1 Å². The van der Waals surface area contributed by atoms with Crippen LogP contribution in [0.4, 0.5) is 4.39 Å². The Balaban J connectivity index is 2.09. The van der Waals surface area contributed by atoms with Gasteiger partial charge in [0.1, 0.15) is 5.82 Å². The fraction of sp³-hybridized carbons (Fsp3) is 0.333. The third-order valence-electron chi connectivity index (χ3n) is 4.34. The molecule has 0 radical (unpaired) electrons. The predicted molar refractivity (Wildman–Crippen MR) is 101 cm³/mol. The van der Waals surface area contributed by atoms with E-state index in [0.29, 0.717) is 5.92 Å². The summed E-state index contributed by atoms with van der Waals surface area (Å²) in [5, 5.41) is 0. The minimum Gasteiger partial charge on any atom is -0.309 e. The van der Waals surface area contributed by atoms with Crippen LogP contribution in [0.15, 0.2) is 52.3 Å². The van der Waals surface area contributed by atoms with E-state index in [9.17, 15) is 4.39 Å². The van der Waals surface area contributed by atoms with E-state index in [1.165, 1.54) is 21.6 Å². The first-order valence-electron chi connectivity index (χ1n) is 8.42. The van der Waals surface area contributed by atoms with Crippen LogP contribution in [0.1, 0.15) is 42.9 Å². The van der Waals surface area contributed by atoms with Crippen LogP contribution in [0, 0.1) is 5.82 Å². The first-order valence-corrected chi connectivity index (χ1v) is 9.24. The molecule has 0 N–H and O–H groups in total. The lowest BCUT2D eigenvalue weighted by Gasteiger charge is -2.24. The molecule has 126 valence electrons. The summed E-state index contributed by atoms with van der Waals surface area (Å²) in [6, 6.07) is 11.8. The van der Waals surface area contributed by atoms with Crippen LogP contribution in [-0.4, -0.2) is 25.5 Å². The molecule has 1 aliphatic heterocycles. The second-order valence-corrected chi connectivity index (χ2v) is 7.95. The van der Waals surface area contributed by atoms with Gasteiger partial charge < -0.3 is 4.90 Å². The standard InChI is InChI=1S/C21H24FNS/c1-14(2)15-7-10-20-19(12-15)17(6-5-11-23(3)4)18-9-8-16(22)13-21(18)24-20/h6-10,12-14H,5,11H2,1-4H3/b17-6+. The largest absolute Gasteiger partial charge is 0.309 e. The normalized spacial score (nSPS) is 15.0. The van der Waals surface area contributed by atoms with Gasteiger partial charge in [0.2, 0.25) is 0 Å². The van der Waals surface area contributed by atoms with Crippen molar-refractivity contribution in [2.75, 3.05) is 20.6 Å². The van der Waals surface area contributed by atoms with Crippen LogP contribution in [-0.2, 0) is 0 Å². The third-order valence-corrected chi connectivity index (χ3v) is 5.47. The van der Waals surface area contributed by atoms with Gasteiger partial charge in [-0.05, 0) is 73.0 Å². The predicted octanol–water partition coefficient (Wildman–Crippen LogP) is 5.80. The van der Waals surface area contributed by atoms with Crippen molar-refractivity contribution in [2.24, 2.45) is 0 Å². The molecule has 2 aromatic carbocycles. The maximum Gasteiger partial charge on any atom is 0.124 e. The molecule has 0 saturated carbocycles. The zero-order chi connectivity index (χ0) is 17.3. The maximum absolute atomic E-state index is 13.7. The fourth-order valence-electron chi connectivity index (χ4n) is 2.96. The van der Waals surface area contributed by atoms with Crippen LogP contribution >= 0.6 is 11.8 Å². The van der Waals surface area contributed by atoms with Crippen molar-refractivity contribution < 1.29 is 4.39 Å². The average molecular weight is 341 g/mol. The highest BCUT2D eigenvalue weighted by molar-refractivity contribution is 7.99. The first kappa shape index (κ1) is 17.2. The minimum absolute atomic E-state index is 0.170. The number of hydrogen-bond donors (Lipinski definition) is 0. The van der Waals surface area contributed by atoms with E-state index in [1.54, 1.807) is 23.9 Å². The fourth-order valence-corrected chi connectivity index (χ4v) is 4.07. The van der Waals surface area contributed by atoms with Gasteiger partial charge in [-0.1, -0.05) is 43.8 Å². The molecule has 24 heavy (non-hydrogen) atoms. The van der Waals surface area contributed by atoms with Crippen molar-refractivity contribution in [1.82, 2.24) is 4.90 Å². The average Bonchev–Trinajstić information content (AvgIpc) is 2.53. The van der Waals surface area contributed by atoms with Crippen LogP contribution in [0.5, 0.6) is 0 Å². The van der Waals surface area contributed by atoms with Crippen LogP contribution in [0.25, 0.3) is 5.57 Å². The van der Waals surface area contributed by atoms with Crippen molar-refractivity contribution in [3.63, 3.8) is 0 Å². The molecule has 0 spiro atoms. The Hall–Kier alpha value is -1.58. The second-order valence-electron chi connectivity index (χ2n) is 6.86. The highest BCUT2D eigenvalue weighted by atomic mass is 32.2. The van der Waals surface area contributed by atoms with Gasteiger partial charge in [-0.15, -0.1) is 0 Å².